The first-order chi connectivity index (χ1) is 13.3. The summed E-state index contributed by atoms with van der Waals surface area (Å²) in [5, 5.41) is 21.9. The Kier molecular flexibility index (Phi) is 5.55. The van der Waals surface area contributed by atoms with E-state index in [-0.39, 0.29) is 5.82 Å². The molecule has 0 bridgehead atoms. The molecule has 1 spiro atoms. The molecule has 2 atom stereocenters. The number of ether oxygens (including phenoxy) is 1. The number of nitrogens with zero attached hydrogens (tertiary/aromatic N) is 1. The summed E-state index contributed by atoms with van der Waals surface area (Å²) in [6.45, 7) is 1.96. The topological polar surface area (TPSA) is 52.9 Å². The fourth-order valence-corrected chi connectivity index (χ4v) is 4.44. The molecule has 7 heteroatoms. The summed E-state index contributed by atoms with van der Waals surface area (Å²) in [4.78, 5) is 2.17. The first kappa shape index (κ1) is 19.9. The van der Waals surface area contributed by atoms with E-state index in [9.17, 15) is 14.6 Å². The summed E-state index contributed by atoms with van der Waals surface area (Å²) < 4.78 is 19.7. The molecular weight excluding hydrogens is 404 g/mol. The molecule has 0 aromatic heterocycles. The third-order valence-electron chi connectivity index (χ3n) is 5.75. The Morgan fingerprint density at radius 2 is 1.89 bits per heavy atom. The molecule has 2 N–H and O–H groups in total. The van der Waals surface area contributed by atoms with Crippen molar-refractivity contribution in [3.05, 3.63) is 63.4 Å². The average molecular weight is 426 g/mol. The molecule has 1 fully saturated rings. The van der Waals surface area contributed by atoms with Crippen molar-refractivity contribution < 1.29 is 19.3 Å². The number of piperidine rings is 1. The van der Waals surface area contributed by atoms with E-state index in [0.717, 1.165) is 31.5 Å². The molecule has 28 heavy (non-hydrogen) atoms. The monoisotopic (exact) mass is 425 g/mol. The van der Waals surface area contributed by atoms with E-state index < -0.39 is 17.8 Å². The van der Waals surface area contributed by atoms with E-state index in [1.165, 1.54) is 12.1 Å². The third-order valence-corrected chi connectivity index (χ3v) is 6.49. The van der Waals surface area contributed by atoms with Crippen molar-refractivity contribution in [2.24, 2.45) is 0 Å². The van der Waals surface area contributed by atoms with Crippen LogP contribution < -0.4 is 4.74 Å². The summed E-state index contributed by atoms with van der Waals surface area (Å²) in [5.74, 6) is 0.188. The number of hydrogen-bond acceptors (Lipinski definition) is 4. The Balaban J connectivity index is 1.39. The van der Waals surface area contributed by atoms with E-state index in [1.807, 2.05) is 0 Å². The minimum absolute atomic E-state index is 0.372. The first-order valence-corrected chi connectivity index (χ1v) is 10.1. The fraction of sp³-hybridized carbons (Fsp3) is 0.429. The van der Waals surface area contributed by atoms with Gasteiger partial charge < -0.3 is 19.8 Å². The lowest BCUT2D eigenvalue weighted by Gasteiger charge is -2.46. The second kappa shape index (κ2) is 7.81. The van der Waals surface area contributed by atoms with Crippen LogP contribution in [0.4, 0.5) is 4.39 Å². The van der Waals surface area contributed by atoms with Gasteiger partial charge in [0.25, 0.3) is 0 Å². The van der Waals surface area contributed by atoms with Gasteiger partial charge in [0.15, 0.2) is 0 Å². The van der Waals surface area contributed by atoms with E-state index >= 15 is 0 Å². The predicted molar refractivity (Wildman–Crippen MR) is 106 cm³/mol. The van der Waals surface area contributed by atoms with Gasteiger partial charge in [0, 0.05) is 31.6 Å². The van der Waals surface area contributed by atoms with Crippen molar-refractivity contribution in [3.63, 3.8) is 0 Å². The molecule has 0 amide bonds. The SMILES string of the molecule is O[C@H](CN1CCC2(CC1)C[C@@H](O)c1cc(F)ccc1O2)c1ccc(Cl)c(Cl)c1. The van der Waals surface area contributed by atoms with Crippen LogP contribution in [0.3, 0.4) is 0 Å². The van der Waals surface area contributed by atoms with Crippen molar-refractivity contribution in [1.29, 1.82) is 0 Å². The third kappa shape index (κ3) is 4.00. The lowest BCUT2D eigenvalue weighted by atomic mass is 9.81. The Labute approximate surface area is 173 Å². The molecule has 0 unspecified atom stereocenters. The maximum atomic E-state index is 13.4. The molecule has 4 nitrogen and oxygen atoms in total. The van der Waals surface area contributed by atoms with Crippen LogP contribution in [0.1, 0.15) is 42.6 Å². The summed E-state index contributed by atoms with van der Waals surface area (Å²) in [6, 6.07) is 9.45. The molecule has 4 rings (SSSR count). The van der Waals surface area contributed by atoms with Crippen molar-refractivity contribution in [2.45, 2.75) is 37.1 Å². The minimum Gasteiger partial charge on any atom is -0.487 e. The molecule has 2 aliphatic rings. The van der Waals surface area contributed by atoms with Gasteiger partial charge in [-0.2, -0.15) is 0 Å². The first-order valence-electron chi connectivity index (χ1n) is 9.37. The van der Waals surface area contributed by atoms with Gasteiger partial charge >= 0.3 is 0 Å². The Hall–Kier alpha value is -1.37. The average Bonchev–Trinajstić information content (AvgIpc) is 2.67. The number of β-amino-alcohol motifs (C(OH)–C–C–N with tert-alkyl or cyclic N) is 1. The van der Waals surface area contributed by atoms with Crippen LogP contribution in [0, 0.1) is 5.82 Å². The lowest BCUT2D eigenvalue weighted by molar-refractivity contribution is -0.0589. The summed E-state index contributed by atoms with van der Waals surface area (Å²) in [7, 11) is 0. The predicted octanol–water partition coefficient (Wildman–Crippen LogP) is 4.52. The van der Waals surface area contributed by atoms with Crippen LogP contribution in [-0.4, -0.2) is 40.3 Å². The van der Waals surface area contributed by atoms with E-state index in [4.69, 9.17) is 27.9 Å². The van der Waals surface area contributed by atoms with Gasteiger partial charge in [0.2, 0.25) is 0 Å². The highest BCUT2D eigenvalue weighted by Crippen LogP contribution is 2.44. The van der Waals surface area contributed by atoms with Gasteiger partial charge in [-0.3, -0.25) is 0 Å². The van der Waals surface area contributed by atoms with Gasteiger partial charge in [-0.25, -0.2) is 4.39 Å². The Bertz CT molecular complexity index is 871. The number of halogens is 3. The van der Waals surface area contributed by atoms with Crippen molar-refractivity contribution in [1.82, 2.24) is 4.90 Å². The van der Waals surface area contributed by atoms with Crippen molar-refractivity contribution >= 4 is 23.2 Å². The number of likely N-dealkylation sites (tertiary alicyclic amines) is 1. The quantitative estimate of drug-likeness (QED) is 0.758. The number of hydrogen-bond donors (Lipinski definition) is 2. The molecule has 2 aliphatic heterocycles. The van der Waals surface area contributed by atoms with Gasteiger partial charge in [0.05, 0.1) is 22.3 Å². The zero-order valence-corrected chi connectivity index (χ0v) is 16.8. The van der Waals surface area contributed by atoms with Gasteiger partial charge in [0.1, 0.15) is 17.2 Å². The second-order valence-corrected chi connectivity index (χ2v) is 8.49. The molecule has 0 radical (unpaired) electrons. The maximum absolute atomic E-state index is 13.4. The molecule has 0 saturated carbocycles. The molecule has 1 saturated heterocycles. The number of aliphatic hydroxyl groups excluding tert-OH is 2. The Morgan fingerprint density at radius 1 is 1.14 bits per heavy atom. The highest BCUT2D eigenvalue weighted by Gasteiger charge is 2.43. The van der Waals surface area contributed by atoms with Crippen molar-refractivity contribution in [2.75, 3.05) is 19.6 Å². The second-order valence-electron chi connectivity index (χ2n) is 7.68. The highest BCUT2D eigenvalue weighted by molar-refractivity contribution is 6.42. The molecule has 2 heterocycles. The summed E-state index contributed by atoms with van der Waals surface area (Å²) >= 11 is 12.0. The van der Waals surface area contributed by atoms with Crippen LogP contribution in [0.15, 0.2) is 36.4 Å². The van der Waals surface area contributed by atoms with Crippen LogP contribution in [0.5, 0.6) is 5.75 Å². The van der Waals surface area contributed by atoms with E-state index in [0.29, 0.717) is 34.3 Å². The number of fused-ring (bicyclic) bond motifs is 1. The smallest absolute Gasteiger partial charge is 0.126 e. The molecule has 2 aromatic carbocycles. The zero-order valence-electron chi connectivity index (χ0n) is 15.2. The zero-order chi connectivity index (χ0) is 19.9. The number of benzene rings is 2. The molecule has 2 aromatic rings. The van der Waals surface area contributed by atoms with Crippen molar-refractivity contribution in [3.8, 4) is 5.75 Å². The standard InChI is InChI=1S/C21H22Cl2FNO3/c22-16-3-1-13(9-17(16)23)19(27)12-25-7-5-21(6-8-25)11-18(26)15-10-14(24)2-4-20(15)28-21/h1-4,9-10,18-19,26-27H,5-8,11-12H2/t18-,19-/m1/s1. The fourth-order valence-electron chi connectivity index (χ4n) is 4.13. The van der Waals surface area contributed by atoms with E-state index in [2.05, 4.69) is 4.90 Å². The van der Waals surface area contributed by atoms with Gasteiger partial charge in [-0.1, -0.05) is 29.3 Å². The number of aliphatic hydroxyl groups is 2. The molecule has 0 aliphatic carbocycles. The maximum Gasteiger partial charge on any atom is 0.126 e. The molecular formula is C21H22Cl2FNO3. The van der Waals surface area contributed by atoms with Crippen LogP contribution in [0.25, 0.3) is 0 Å². The van der Waals surface area contributed by atoms with Crippen LogP contribution in [0.2, 0.25) is 10.0 Å². The Morgan fingerprint density at radius 3 is 2.61 bits per heavy atom. The van der Waals surface area contributed by atoms with Crippen LogP contribution >= 0.6 is 23.2 Å². The minimum atomic E-state index is -0.729. The summed E-state index contributed by atoms with van der Waals surface area (Å²) in [5.41, 5.74) is 0.799. The van der Waals surface area contributed by atoms with Crippen LogP contribution in [-0.2, 0) is 0 Å². The number of rotatable bonds is 3. The van der Waals surface area contributed by atoms with Gasteiger partial charge in [-0.15, -0.1) is 0 Å². The lowest BCUT2D eigenvalue weighted by Crippen LogP contribution is -2.51. The normalized spacial score (nSPS) is 22.5. The summed E-state index contributed by atoms with van der Waals surface area (Å²) in [6.07, 6.45) is 0.523. The highest BCUT2D eigenvalue weighted by atomic mass is 35.5. The largest absolute Gasteiger partial charge is 0.487 e. The molecule has 150 valence electrons. The van der Waals surface area contributed by atoms with Gasteiger partial charge in [-0.05, 0) is 48.7 Å². The van der Waals surface area contributed by atoms with E-state index in [1.54, 1.807) is 24.3 Å².